The van der Waals surface area contributed by atoms with Crippen molar-refractivity contribution in [3.05, 3.63) is 33.8 Å². The molecule has 2 atom stereocenters. The van der Waals surface area contributed by atoms with Crippen LogP contribution in [0.15, 0.2) is 18.2 Å². The fraction of sp³-hybridized carbons (Fsp3) is 0.467. The van der Waals surface area contributed by atoms with E-state index in [0.717, 1.165) is 12.8 Å². The van der Waals surface area contributed by atoms with Crippen LogP contribution in [0, 0.1) is 5.92 Å². The number of hydrogen-bond donors (Lipinski definition) is 2. The Kier molecular flexibility index (Phi) is 5.67. The third-order valence-corrected chi connectivity index (χ3v) is 4.19. The molecule has 7 heteroatoms. The van der Waals surface area contributed by atoms with Gasteiger partial charge in [-0.2, -0.15) is 0 Å². The van der Waals surface area contributed by atoms with Crippen molar-refractivity contribution in [1.29, 1.82) is 0 Å². The second kappa shape index (κ2) is 7.31. The maximum atomic E-state index is 12.4. The predicted octanol–water partition coefficient (Wildman–Crippen LogP) is 2.14. The normalized spacial score (nSPS) is 19.8. The number of nitrogens with two attached hydrogens (primary N) is 1. The SMILES string of the molecule is NC(=O)CC1CCCN(C(=O)C(O)c2cc(Cl)cc(Cl)c2)C1. The second-order valence-electron chi connectivity index (χ2n) is 5.57. The molecule has 0 bridgehead atoms. The van der Waals surface area contributed by atoms with E-state index in [1.165, 1.54) is 18.2 Å². The van der Waals surface area contributed by atoms with Crippen molar-refractivity contribution in [3.8, 4) is 0 Å². The Morgan fingerprint density at radius 1 is 1.32 bits per heavy atom. The lowest BCUT2D eigenvalue weighted by Crippen LogP contribution is -2.43. The van der Waals surface area contributed by atoms with Gasteiger partial charge in [0.15, 0.2) is 6.10 Å². The summed E-state index contributed by atoms with van der Waals surface area (Å²) in [5.41, 5.74) is 5.57. The van der Waals surface area contributed by atoms with E-state index in [9.17, 15) is 14.7 Å². The van der Waals surface area contributed by atoms with Crippen LogP contribution in [0.25, 0.3) is 0 Å². The topological polar surface area (TPSA) is 83.6 Å². The Morgan fingerprint density at radius 2 is 1.95 bits per heavy atom. The number of piperidine rings is 1. The molecule has 0 spiro atoms. The molecule has 2 rings (SSSR count). The molecule has 1 heterocycles. The average molecular weight is 345 g/mol. The molecule has 1 aromatic carbocycles. The summed E-state index contributed by atoms with van der Waals surface area (Å²) in [5, 5.41) is 11.0. The smallest absolute Gasteiger partial charge is 0.256 e. The predicted molar refractivity (Wildman–Crippen MR) is 84.5 cm³/mol. The van der Waals surface area contributed by atoms with Gasteiger partial charge in [-0.3, -0.25) is 9.59 Å². The molecular formula is C15H18Cl2N2O3. The lowest BCUT2D eigenvalue weighted by Gasteiger charge is -2.33. The molecule has 0 saturated carbocycles. The van der Waals surface area contributed by atoms with Gasteiger partial charge in [0.05, 0.1) is 0 Å². The lowest BCUT2D eigenvalue weighted by atomic mass is 9.94. The van der Waals surface area contributed by atoms with E-state index in [0.29, 0.717) is 28.7 Å². The number of halogens is 2. The fourth-order valence-corrected chi connectivity index (χ4v) is 3.31. The first kappa shape index (κ1) is 17.1. The van der Waals surface area contributed by atoms with Crippen molar-refractivity contribution >= 4 is 35.0 Å². The first-order valence-corrected chi connectivity index (χ1v) is 7.83. The molecule has 1 aliphatic rings. The lowest BCUT2D eigenvalue weighted by molar-refractivity contribution is -0.143. The summed E-state index contributed by atoms with van der Waals surface area (Å²) in [4.78, 5) is 25.0. The number of carbonyl (C=O) groups excluding carboxylic acids is 2. The standard InChI is InChI=1S/C15H18Cl2N2O3/c16-11-5-10(6-12(17)7-11)14(21)15(22)19-3-1-2-9(8-19)4-13(18)20/h5-7,9,14,21H,1-4,8H2,(H2,18,20). The van der Waals surface area contributed by atoms with Crippen molar-refractivity contribution in [2.45, 2.75) is 25.4 Å². The van der Waals surface area contributed by atoms with Gasteiger partial charge in [-0.1, -0.05) is 23.2 Å². The van der Waals surface area contributed by atoms with Gasteiger partial charge in [0.1, 0.15) is 0 Å². The zero-order valence-corrected chi connectivity index (χ0v) is 13.5. The van der Waals surface area contributed by atoms with Crippen LogP contribution in [-0.4, -0.2) is 34.9 Å². The summed E-state index contributed by atoms with van der Waals surface area (Å²) in [6.45, 7) is 0.979. The molecule has 2 unspecified atom stereocenters. The van der Waals surface area contributed by atoms with E-state index in [1.807, 2.05) is 0 Å². The molecule has 1 fully saturated rings. The van der Waals surface area contributed by atoms with Gasteiger partial charge in [-0.25, -0.2) is 0 Å². The number of likely N-dealkylation sites (tertiary alicyclic amines) is 1. The number of nitrogens with zero attached hydrogens (tertiary/aromatic N) is 1. The highest BCUT2D eigenvalue weighted by molar-refractivity contribution is 6.34. The Morgan fingerprint density at radius 3 is 2.55 bits per heavy atom. The molecule has 0 radical (unpaired) electrons. The van der Waals surface area contributed by atoms with E-state index in [4.69, 9.17) is 28.9 Å². The van der Waals surface area contributed by atoms with Crippen molar-refractivity contribution in [2.24, 2.45) is 11.7 Å². The van der Waals surface area contributed by atoms with E-state index in [-0.39, 0.29) is 18.2 Å². The van der Waals surface area contributed by atoms with Gasteiger partial charge in [-0.05, 0) is 42.5 Å². The summed E-state index contributed by atoms with van der Waals surface area (Å²) in [5.74, 6) is -0.737. The van der Waals surface area contributed by atoms with E-state index in [2.05, 4.69) is 0 Å². The molecule has 120 valence electrons. The molecule has 1 aliphatic heterocycles. The zero-order chi connectivity index (χ0) is 16.3. The number of rotatable bonds is 4. The monoisotopic (exact) mass is 344 g/mol. The highest BCUT2D eigenvalue weighted by atomic mass is 35.5. The minimum absolute atomic E-state index is 0.0466. The number of amides is 2. The molecule has 2 amide bonds. The molecule has 0 aliphatic carbocycles. The Balaban J connectivity index is 2.07. The van der Waals surface area contributed by atoms with Gasteiger partial charge >= 0.3 is 0 Å². The van der Waals surface area contributed by atoms with Crippen LogP contribution in [0.5, 0.6) is 0 Å². The zero-order valence-electron chi connectivity index (χ0n) is 12.0. The molecule has 22 heavy (non-hydrogen) atoms. The Bertz CT molecular complexity index is 560. The molecular weight excluding hydrogens is 327 g/mol. The first-order chi connectivity index (χ1) is 10.4. The quantitative estimate of drug-likeness (QED) is 0.877. The van der Waals surface area contributed by atoms with E-state index < -0.39 is 12.0 Å². The van der Waals surface area contributed by atoms with Crippen molar-refractivity contribution in [1.82, 2.24) is 4.90 Å². The number of hydrogen-bond acceptors (Lipinski definition) is 3. The maximum absolute atomic E-state index is 12.4. The number of benzene rings is 1. The van der Waals surface area contributed by atoms with Gasteiger partial charge in [-0.15, -0.1) is 0 Å². The fourth-order valence-electron chi connectivity index (χ4n) is 2.76. The van der Waals surface area contributed by atoms with Crippen LogP contribution in [0.2, 0.25) is 10.0 Å². The molecule has 1 aromatic rings. The summed E-state index contributed by atoms with van der Waals surface area (Å²) in [7, 11) is 0. The number of aliphatic hydroxyl groups excluding tert-OH is 1. The minimum atomic E-state index is -1.32. The van der Waals surface area contributed by atoms with Crippen LogP contribution >= 0.6 is 23.2 Å². The van der Waals surface area contributed by atoms with Crippen LogP contribution in [0.3, 0.4) is 0 Å². The summed E-state index contributed by atoms with van der Waals surface area (Å²) < 4.78 is 0. The largest absolute Gasteiger partial charge is 0.378 e. The summed E-state index contributed by atoms with van der Waals surface area (Å²) >= 11 is 11.8. The molecule has 3 N–H and O–H groups in total. The van der Waals surface area contributed by atoms with Crippen molar-refractivity contribution in [3.63, 3.8) is 0 Å². The molecule has 5 nitrogen and oxygen atoms in total. The minimum Gasteiger partial charge on any atom is -0.378 e. The van der Waals surface area contributed by atoms with Crippen molar-refractivity contribution < 1.29 is 14.7 Å². The number of carbonyl (C=O) groups is 2. The van der Waals surface area contributed by atoms with Crippen LogP contribution in [0.1, 0.15) is 30.9 Å². The highest BCUT2D eigenvalue weighted by Crippen LogP contribution is 2.27. The third kappa shape index (κ3) is 4.35. The summed E-state index contributed by atoms with van der Waals surface area (Å²) in [6, 6.07) is 4.56. The third-order valence-electron chi connectivity index (χ3n) is 3.76. The van der Waals surface area contributed by atoms with Crippen LogP contribution in [-0.2, 0) is 9.59 Å². The van der Waals surface area contributed by atoms with E-state index in [1.54, 1.807) is 4.90 Å². The first-order valence-electron chi connectivity index (χ1n) is 7.08. The van der Waals surface area contributed by atoms with Crippen LogP contribution < -0.4 is 5.73 Å². The average Bonchev–Trinajstić information content (AvgIpc) is 2.44. The number of primary amides is 1. The van der Waals surface area contributed by atoms with Gasteiger partial charge in [0, 0.05) is 29.6 Å². The molecule has 1 saturated heterocycles. The second-order valence-corrected chi connectivity index (χ2v) is 6.44. The molecule has 0 aromatic heterocycles. The maximum Gasteiger partial charge on any atom is 0.256 e. The Labute approximate surface area is 139 Å². The van der Waals surface area contributed by atoms with Gasteiger partial charge in [0.25, 0.3) is 5.91 Å². The van der Waals surface area contributed by atoms with Crippen molar-refractivity contribution in [2.75, 3.05) is 13.1 Å². The van der Waals surface area contributed by atoms with Gasteiger partial charge < -0.3 is 15.7 Å². The number of aliphatic hydroxyl groups is 1. The summed E-state index contributed by atoms with van der Waals surface area (Å²) in [6.07, 6.45) is 0.574. The van der Waals surface area contributed by atoms with Gasteiger partial charge in [0.2, 0.25) is 5.91 Å². The van der Waals surface area contributed by atoms with Crippen LogP contribution in [0.4, 0.5) is 0 Å². The highest BCUT2D eigenvalue weighted by Gasteiger charge is 2.29. The van der Waals surface area contributed by atoms with E-state index >= 15 is 0 Å². The Hall–Kier alpha value is -1.30.